The molecule has 1 aromatic rings. The van der Waals surface area contributed by atoms with Crippen LogP contribution >= 0.6 is 0 Å². The summed E-state index contributed by atoms with van der Waals surface area (Å²) in [5.74, 6) is -2.68. The maximum Gasteiger partial charge on any atom is 0.416 e. The van der Waals surface area contributed by atoms with Gasteiger partial charge in [-0.05, 0) is 23.8 Å². The minimum Gasteiger partial charge on any atom is -0.392 e. The fourth-order valence-electron chi connectivity index (χ4n) is 3.70. The first-order valence-corrected chi connectivity index (χ1v) is 7.35. The molecule has 24 heavy (non-hydrogen) atoms. The Morgan fingerprint density at radius 1 is 1.17 bits per heavy atom. The third-order valence-electron chi connectivity index (χ3n) is 4.74. The first kappa shape index (κ1) is 15.3. The molecule has 2 fully saturated rings. The van der Waals surface area contributed by atoms with Gasteiger partial charge in [-0.15, -0.1) is 0 Å². The fourth-order valence-corrected chi connectivity index (χ4v) is 3.70. The number of anilines is 1. The van der Waals surface area contributed by atoms with Gasteiger partial charge in [-0.25, -0.2) is 4.90 Å². The van der Waals surface area contributed by atoms with E-state index in [1.54, 1.807) is 6.08 Å². The Kier molecular flexibility index (Phi) is 3.14. The summed E-state index contributed by atoms with van der Waals surface area (Å²) in [6.07, 6.45) is -4.25. The summed E-state index contributed by atoms with van der Waals surface area (Å²) < 4.78 is 44.1. The lowest BCUT2D eigenvalue weighted by Crippen LogP contribution is -2.35. The molecule has 3 aliphatic heterocycles. The molecule has 3 heterocycles. The average Bonchev–Trinajstić information content (AvgIpc) is 3.18. The number of ether oxygens (including phenoxy) is 1. The lowest BCUT2D eigenvalue weighted by Gasteiger charge is -2.19. The molecule has 0 saturated carbocycles. The van der Waals surface area contributed by atoms with Crippen molar-refractivity contribution in [3.8, 4) is 0 Å². The van der Waals surface area contributed by atoms with Gasteiger partial charge >= 0.3 is 6.18 Å². The molecule has 0 unspecified atom stereocenters. The summed E-state index contributed by atoms with van der Waals surface area (Å²) in [6, 6.07) is 4.14. The number of carbonyl (C=O) groups excluding carboxylic acids is 2. The molecule has 3 aliphatic rings. The predicted octanol–water partition coefficient (Wildman–Crippen LogP) is 1.51. The first-order valence-electron chi connectivity index (χ1n) is 7.35. The van der Waals surface area contributed by atoms with E-state index in [2.05, 4.69) is 0 Å². The highest BCUT2D eigenvalue weighted by Gasteiger charge is 2.63. The average molecular weight is 339 g/mol. The van der Waals surface area contributed by atoms with E-state index >= 15 is 0 Å². The number of aliphatic hydroxyl groups is 1. The van der Waals surface area contributed by atoms with Gasteiger partial charge in [-0.3, -0.25) is 9.59 Å². The zero-order valence-electron chi connectivity index (χ0n) is 12.2. The van der Waals surface area contributed by atoms with E-state index in [1.807, 2.05) is 0 Å². The lowest BCUT2D eigenvalue weighted by molar-refractivity contribution is -0.137. The molecule has 1 aromatic carbocycles. The third kappa shape index (κ3) is 1.96. The van der Waals surface area contributed by atoms with Crippen LogP contribution in [0.3, 0.4) is 0 Å². The van der Waals surface area contributed by atoms with Gasteiger partial charge in [-0.1, -0.05) is 12.1 Å². The van der Waals surface area contributed by atoms with Gasteiger partial charge in [0.25, 0.3) is 0 Å². The second-order valence-electron chi connectivity index (χ2n) is 6.03. The fraction of sp³-hybridized carbons (Fsp3) is 0.375. The number of hydrogen-bond donors (Lipinski definition) is 1. The molecule has 0 aliphatic carbocycles. The summed E-state index contributed by atoms with van der Waals surface area (Å²) >= 11 is 0. The van der Waals surface area contributed by atoms with Crippen LogP contribution in [0.4, 0.5) is 18.9 Å². The van der Waals surface area contributed by atoms with E-state index < -0.39 is 47.6 Å². The molecule has 2 bridgehead atoms. The van der Waals surface area contributed by atoms with Gasteiger partial charge in [0, 0.05) is 0 Å². The van der Waals surface area contributed by atoms with Crippen LogP contribution in [0.15, 0.2) is 35.9 Å². The second kappa shape index (κ2) is 4.90. The van der Waals surface area contributed by atoms with Crippen LogP contribution in [-0.4, -0.2) is 35.7 Å². The number of nitrogens with zero attached hydrogens (tertiary/aromatic N) is 1. The van der Waals surface area contributed by atoms with Gasteiger partial charge in [0.2, 0.25) is 11.8 Å². The molecule has 4 rings (SSSR count). The highest BCUT2D eigenvalue weighted by molar-refractivity contribution is 6.23. The Hall–Kier alpha value is -2.19. The molecule has 4 atom stereocenters. The van der Waals surface area contributed by atoms with E-state index in [4.69, 9.17) is 4.74 Å². The van der Waals surface area contributed by atoms with Crippen molar-refractivity contribution in [1.82, 2.24) is 0 Å². The molecule has 1 N–H and O–H groups in total. The molecule has 0 spiro atoms. The SMILES string of the molecule is O=C1[C@@H]2[C@H](C(=O)N1c1cccc(C(F)(F)F)c1)[C@H]1C=C(CO)[C@@H]2O1. The van der Waals surface area contributed by atoms with E-state index in [1.165, 1.54) is 6.07 Å². The lowest BCUT2D eigenvalue weighted by atomic mass is 9.81. The molecule has 5 nitrogen and oxygen atoms in total. The van der Waals surface area contributed by atoms with E-state index in [0.717, 1.165) is 23.1 Å². The Morgan fingerprint density at radius 2 is 1.88 bits per heavy atom. The number of rotatable bonds is 2. The van der Waals surface area contributed by atoms with Crippen LogP contribution in [0, 0.1) is 11.8 Å². The molecule has 126 valence electrons. The number of aliphatic hydroxyl groups excluding tert-OH is 1. The van der Waals surface area contributed by atoms with Crippen molar-refractivity contribution >= 4 is 17.5 Å². The Labute approximate surface area is 134 Å². The number of imide groups is 1. The first-order chi connectivity index (χ1) is 11.3. The number of halogens is 3. The maximum absolute atomic E-state index is 12.9. The summed E-state index contributed by atoms with van der Waals surface area (Å²) in [7, 11) is 0. The number of carbonyl (C=O) groups is 2. The van der Waals surface area contributed by atoms with Crippen LogP contribution in [0.5, 0.6) is 0 Å². The minimum absolute atomic E-state index is 0.0980. The van der Waals surface area contributed by atoms with Gasteiger partial charge in [0.1, 0.15) is 0 Å². The Balaban J connectivity index is 1.71. The van der Waals surface area contributed by atoms with Crippen molar-refractivity contribution in [3.05, 3.63) is 41.5 Å². The van der Waals surface area contributed by atoms with Gasteiger partial charge in [-0.2, -0.15) is 13.2 Å². The van der Waals surface area contributed by atoms with Crippen LogP contribution in [-0.2, 0) is 20.5 Å². The van der Waals surface area contributed by atoms with E-state index in [-0.39, 0.29) is 12.3 Å². The summed E-state index contributed by atoms with van der Waals surface area (Å²) in [5.41, 5.74) is -0.487. The number of hydrogen-bond acceptors (Lipinski definition) is 4. The number of fused-ring (bicyclic) bond motifs is 5. The largest absolute Gasteiger partial charge is 0.416 e. The topological polar surface area (TPSA) is 66.8 Å². The molecule has 2 saturated heterocycles. The molecule has 8 heteroatoms. The van der Waals surface area contributed by atoms with Crippen molar-refractivity contribution in [2.45, 2.75) is 18.4 Å². The molecule has 0 aromatic heterocycles. The van der Waals surface area contributed by atoms with E-state index in [9.17, 15) is 27.9 Å². The quantitative estimate of drug-likeness (QED) is 0.655. The van der Waals surface area contributed by atoms with Gasteiger partial charge in [0.15, 0.2) is 0 Å². The summed E-state index contributed by atoms with van der Waals surface area (Å²) in [4.78, 5) is 26.0. The summed E-state index contributed by atoms with van der Waals surface area (Å²) in [6.45, 7) is -0.282. The van der Waals surface area contributed by atoms with Crippen LogP contribution < -0.4 is 4.90 Å². The molecule has 2 amide bonds. The van der Waals surface area contributed by atoms with Gasteiger partial charge in [0.05, 0.1) is 41.9 Å². The smallest absolute Gasteiger partial charge is 0.392 e. The molecular formula is C16H12F3NO4. The predicted molar refractivity (Wildman–Crippen MR) is 74.7 cm³/mol. The van der Waals surface area contributed by atoms with Crippen LogP contribution in [0.2, 0.25) is 0 Å². The van der Waals surface area contributed by atoms with Crippen molar-refractivity contribution in [2.24, 2.45) is 11.8 Å². The van der Waals surface area contributed by atoms with Crippen molar-refractivity contribution < 1.29 is 32.6 Å². The van der Waals surface area contributed by atoms with Crippen molar-refractivity contribution in [3.63, 3.8) is 0 Å². The number of benzene rings is 1. The monoisotopic (exact) mass is 339 g/mol. The Bertz CT molecular complexity index is 773. The zero-order valence-corrected chi connectivity index (χ0v) is 12.2. The Morgan fingerprint density at radius 3 is 2.54 bits per heavy atom. The van der Waals surface area contributed by atoms with Crippen molar-refractivity contribution in [1.29, 1.82) is 0 Å². The second-order valence-corrected chi connectivity index (χ2v) is 6.03. The number of alkyl halides is 3. The van der Waals surface area contributed by atoms with Crippen molar-refractivity contribution in [2.75, 3.05) is 11.5 Å². The molecular weight excluding hydrogens is 327 g/mol. The van der Waals surface area contributed by atoms with Crippen LogP contribution in [0.25, 0.3) is 0 Å². The standard InChI is InChI=1S/C16H12F3NO4/c17-16(18,19)8-2-1-3-9(5-8)20-14(22)11-10-4-7(6-21)13(24-10)12(11)15(20)23/h1-5,10-13,21H,6H2/t10-,11-,12-,13+/m1/s1. The highest BCUT2D eigenvalue weighted by atomic mass is 19.4. The maximum atomic E-state index is 12.9. The van der Waals surface area contributed by atoms with Gasteiger partial charge < -0.3 is 9.84 Å². The zero-order chi connectivity index (χ0) is 17.2. The van der Waals surface area contributed by atoms with Crippen LogP contribution in [0.1, 0.15) is 5.56 Å². The summed E-state index contributed by atoms with van der Waals surface area (Å²) in [5, 5.41) is 9.29. The molecule has 0 radical (unpaired) electrons. The minimum atomic E-state index is -4.56. The normalized spacial score (nSPS) is 31.7. The van der Waals surface area contributed by atoms with E-state index in [0.29, 0.717) is 5.57 Å². The number of amides is 2. The third-order valence-corrected chi connectivity index (χ3v) is 4.74. The highest BCUT2D eigenvalue weighted by Crippen LogP contribution is 2.49.